The van der Waals surface area contributed by atoms with E-state index in [1.807, 2.05) is 0 Å². The Kier molecular flexibility index (Phi) is 2.69. The number of aryl methyl sites for hydroxylation is 1. The molecule has 1 N–H and O–H groups in total. The average Bonchev–Trinajstić information content (AvgIpc) is 2.71. The number of imidazole rings is 1. The minimum atomic E-state index is 0.605. The number of halogens is 1. The molecular weight excluding hydrogens is 230 g/mol. The molecule has 1 aliphatic heterocycles. The molecule has 1 unspecified atom stereocenters. The Morgan fingerprint density at radius 3 is 3.23 bits per heavy atom. The second kappa shape index (κ2) is 3.80. The first-order chi connectivity index (χ1) is 6.31. The van der Waals surface area contributed by atoms with E-state index in [0.717, 1.165) is 24.1 Å². The molecule has 1 fully saturated rings. The summed E-state index contributed by atoms with van der Waals surface area (Å²) in [5.74, 6) is 1.18. The molecule has 1 saturated heterocycles. The van der Waals surface area contributed by atoms with Gasteiger partial charge in [-0.1, -0.05) is 6.92 Å². The van der Waals surface area contributed by atoms with Gasteiger partial charge in [0.15, 0.2) is 0 Å². The topological polar surface area (TPSA) is 29.9 Å². The predicted octanol–water partition coefficient (Wildman–Crippen LogP) is 1.74. The third-order valence-electron chi connectivity index (χ3n) is 2.52. The smallest absolute Gasteiger partial charge is 0.124 e. The van der Waals surface area contributed by atoms with Crippen molar-refractivity contribution in [2.24, 2.45) is 0 Å². The normalized spacial score (nSPS) is 22.5. The molecule has 13 heavy (non-hydrogen) atoms. The van der Waals surface area contributed by atoms with E-state index in [9.17, 15) is 0 Å². The van der Waals surface area contributed by atoms with Crippen LogP contribution in [0.3, 0.4) is 0 Å². The van der Waals surface area contributed by atoms with Gasteiger partial charge in [0.2, 0.25) is 0 Å². The zero-order chi connectivity index (χ0) is 9.26. The number of nitrogens with zero attached hydrogens (tertiary/aromatic N) is 2. The summed E-state index contributed by atoms with van der Waals surface area (Å²) in [6.07, 6.45) is 4.31. The lowest BCUT2D eigenvalue weighted by atomic mass is 10.2. The summed E-state index contributed by atoms with van der Waals surface area (Å²) in [7, 11) is 0. The van der Waals surface area contributed by atoms with Gasteiger partial charge in [-0.15, -0.1) is 0 Å². The molecule has 1 aromatic rings. The fraction of sp³-hybridized carbons (Fsp3) is 0.667. The van der Waals surface area contributed by atoms with Crippen molar-refractivity contribution in [3.63, 3.8) is 0 Å². The molecular formula is C9H14BrN3. The Labute approximate surface area is 86.7 Å². The molecule has 0 radical (unpaired) electrons. The highest BCUT2D eigenvalue weighted by Gasteiger charge is 2.18. The van der Waals surface area contributed by atoms with Gasteiger partial charge in [0.25, 0.3) is 0 Å². The maximum atomic E-state index is 4.43. The molecule has 0 amide bonds. The molecule has 0 bridgehead atoms. The Hall–Kier alpha value is -0.350. The van der Waals surface area contributed by atoms with Crippen LogP contribution in [0.4, 0.5) is 0 Å². The Morgan fingerprint density at radius 1 is 1.77 bits per heavy atom. The zero-order valence-corrected chi connectivity index (χ0v) is 9.34. The first-order valence-electron chi connectivity index (χ1n) is 4.75. The van der Waals surface area contributed by atoms with Gasteiger partial charge in [-0.05, 0) is 28.9 Å². The van der Waals surface area contributed by atoms with E-state index in [2.05, 4.69) is 43.9 Å². The van der Waals surface area contributed by atoms with Crippen LogP contribution in [0.2, 0.25) is 0 Å². The minimum absolute atomic E-state index is 0.605. The Morgan fingerprint density at radius 2 is 2.62 bits per heavy atom. The van der Waals surface area contributed by atoms with Gasteiger partial charge in [-0.3, -0.25) is 0 Å². The van der Waals surface area contributed by atoms with E-state index in [1.54, 1.807) is 0 Å². The molecule has 3 nitrogen and oxygen atoms in total. The summed E-state index contributed by atoms with van der Waals surface area (Å²) < 4.78 is 3.25. The average molecular weight is 244 g/mol. The molecule has 2 rings (SSSR count). The Balaban J connectivity index is 2.26. The highest BCUT2D eigenvalue weighted by Crippen LogP contribution is 2.20. The number of hydrogen-bond donors (Lipinski definition) is 1. The van der Waals surface area contributed by atoms with E-state index >= 15 is 0 Å². The van der Waals surface area contributed by atoms with Crippen LogP contribution in [0, 0.1) is 0 Å². The molecule has 2 heterocycles. The Bertz CT molecular complexity index is 289. The maximum Gasteiger partial charge on any atom is 0.124 e. The highest BCUT2D eigenvalue weighted by atomic mass is 79.9. The van der Waals surface area contributed by atoms with Crippen LogP contribution >= 0.6 is 15.9 Å². The second-order valence-electron chi connectivity index (χ2n) is 3.39. The van der Waals surface area contributed by atoms with Crippen molar-refractivity contribution in [2.45, 2.75) is 25.8 Å². The fourth-order valence-electron chi connectivity index (χ4n) is 1.85. The summed E-state index contributed by atoms with van der Waals surface area (Å²) in [4.78, 5) is 4.43. The van der Waals surface area contributed by atoms with Crippen molar-refractivity contribution in [1.29, 1.82) is 0 Å². The zero-order valence-electron chi connectivity index (χ0n) is 7.76. The molecule has 0 spiro atoms. The van der Waals surface area contributed by atoms with E-state index in [0.29, 0.717) is 6.04 Å². The van der Waals surface area contributed by atoms with Crippen molar-refractivity contribution < 1.29 is 0 Å². The molecule has 0 saturated carbocycles. The van der Waals surface area contributed by atoms with Gasteiger partial charge in [-0.2, -0.15) is 0 Å². The molecule has 0 aliphatic carbocycles. The summed E-state index contributed by atoms with van der Waals surface area (Å²) in [6.45, 7) is 4.35. The van der Waals surface area contributed by atoms with Crippen molar-refractivity contribution >= 4 is 15.9 Å². The third kappa shape index (κ3) is 1.79. The summed E-state index contributed by atoms with van der Waals surface area (Å²) >= 11 is 3.42. The van der Waals surface area contributed by atoms with Crippen LogP contribution < -0.4 is 5.32 Å². The van der Waals surface area contributed by atoms with Gasteiger partial charge < -0.3 is 9.88 Å². The first kappa shape index (κ1) is 9.21. The van der Waals surface area contributed by atoms with Gasteiger partial charge in [-0.25, -0.2) is 4.98 Å². The number of nitrogens with one attached hydrogen (secondary N) is 1. The largest absolute Gasteiger partial charge is 0.329 e. The van der Waals surface area contributed by atoms with E-state index < -0.39 is 0 Å². The number of rotatable bonds is 2. The van der Waals surface area contributed by atoms with Gasteiger partial charge in [0, 0.05) is 25.2 Å². The van der Waals surface area contributed by atoms with Gasteiger partial charge >= 0.3 is 0 Å². The molecule has 1 atom stereocenters. The molecule has 4 heteroatoms. The molecule has 1 aromatic heterocycles. The van der Waals surface area contributed by atoms with Crippen molar-refractivity contribution in [3.8, 4) is 0 Å². The number of aromatic nitrogens is 2. The van der Waals surface area contributed by atoms with Crippen LogP contribution in [0.5, 0.6) is 0 Å². The summed E-state index contributed by atoms with van der Waals surface area (Å²) in [5.41, 5.74) is 0. The van der Waals surface area contributed by atoms with Crippen LogP contribution in [-0.2, 0) is 6.42 Å². The van der Waals surface area contributed by atoms with Crippen LogP contribution in [0.15, 0.2) is 10.8 Å². The summed E-state index contributed by atoms with van der Waals surface area (Å²) in [6, 6.07) is 0.605. The quantitative estimate of drug-likeness (QED) is 0.858. The van der Waals surface area contributed by atoms with E-state index in [-0.39, 0.29) is 0 Å². The minimum Gasteiger partial charge on any atom is -0.329 e. The van der Waals surface area contributed by atoms with E-state index in [4.69, 9.17) is 0 Å². The summed E-state index contributed by atoms with van der Waals surface area (Å²) in [5, 5.41) is 3.37. The van der Waals surface area contributed by atoms with Crippen molar-refractivity contribution in [1.82, 2.24) is 14.9 Å². The van der Waals surface area contributed by atoms with Gasteiger partial charge in [0.1, 0.15) is 10.4 Å². The van der Waals surface area contributed by atoms with Crippen LogP contribution in [0.1, 0.15) is 25.2 Å². The SMILES string of the molecule is CCc1nc(Br)cn1C1CCNC1. The number of hydrogen-bond acceptors (Lipinski definition) is 2. The first-order valence-corrected chi connectivity index (χ1v) is 5.54. The molecule has 72 valence electrons. The van der Waals surface area contributed by atoms with E-state index in [1.165, 1.54) is 12.2 Å². The highest BCUT2D eigenvalue weighted by molar-refractivity contribution is 9.10. The molecule has 1 aliphatic rings. The lowest BCUT2D eigenvalue weighted by Crippen LogP contribution is -2.14. The van der Waals surface area contributed by atoms with Crippen molar-refractivity contribution in [2.75, 3.05) is 13.1 Å². The van der Waals surface area contributed by atoms with Crippen molar-refractivity contribution in [3.05, 3.63) is 16.6 Å². The van der Waals surface area contributed by atoms with Gasteiger partial charge in [0.05, 0.1) is 0 Å². The third-order valence-corrected chi connectivity index (χ3v) is 2.91. The fourth-order valence-corrected chi connectivity index (χ4v) is 2.28. The lowest BCUT2D eigenvalue weighted by molar-refractivity contribution is 0.525. The lowest BCUT2D eigenvalue weighted by Gasteiger charge is -2.12. The second-order valence-corrected chi connectivity index (χ2v) is 4.20. The maximum absolute atomic E-state index is 4.43. The predicted molar refractivity (Wildman–Crippen MR) is 55.8 cm³/mol. The van der Waals surface area contributed by atoms with Crippen LogP contribution in [-0.4, -0.2) is 22.6 Å². The van der Waals surface area contributed by atoms with Crippen LogP contribution in [0.25, 0.3) is 0 Å². The standard InChI is InChI=1S/C9H14BrN3/c1-2-9-12-8(10)6-13(9)7-3-4-11-5-7/h6-7,11H,2-5H2,1H3. The monoisotopic (exact) mass is 243 g/mol. The molecule has 0 aromatic carbocycles.